The van der Waals surface area contributed by atoms with Gasteiger partial charge in [0.1, 0.15) is 11.6 Å². The van der Waals surface area contributed by atoms with Crippen LogP contribution in [-0.2, 0) is 11.3 Å². The van der Waals surface area contributed by atoms with Gasteiger partial charge in [0.05, 0.1) is 13.1 Å². The SMILES string of the molecule is CC1CC(=NCc2ccc3[nH]ccc3c2)NC(=NCCC2C=NCC=CC(OC(F)(F)F)=CC2)N1. The third kappa shape index (κ3) is 7.73. The lowest BCUT2D eigenvalue weighted by Crippen LogP contribution is -2.52. The second kappa shape index (κ2) is 11.2. The summed E-state index contributed by atoms with van der Waals surface area (Å²) in [5, 5.41) is 7.75. The number of fused-ring (bicyclic) bond motifs is 1. The number of aromatic amines is 1. The fourth-order valence-corrected chi connectivity index (χ4v) is 3.96. The number of ether oxygens (including phenoxy) is 1. The van der Waals surface area contributed by atoms with Crippen molar-refractivity contribution in [1.29, 1.82) is 0 Å². The third-order valence-electron chi connectivity index (χ3n) is 5.65. The van der Waals surface area contributed by atoms with E-state index >= 15 is 0 Å². The van der Waals surface area contributed by atoms with Crippen LogP contribution in [-0.4, -0.2) is 48.5 Å². The number of H-pyrrole nitrogens is 1. The van der Waals surface area contributed by atoms with Crippen molar-refractivity contribution in [2.75, 3.05) is 13.1 Å². The van der Waals surface area contributed by atoms with E-state index in [2.05, 4.69) is 55.5 Å². The van der Waals surface area contributed by atoms with Crippen LogP contribution in [0.2, 0.25) is 0 Å². The van der Waals surface area contributed by atoms with Gasteiger partial charge in [-0.15, -0.1) is 13.2 Å². The van der Waals surface area contributed by atoms with Crippen molar-refractivity contribution in [2.45, 2.75) is 45.1 Å². The standard InChI is InChI=1S/C25H29F3N6O/c1-17-13-23(32-16-19-5-7-22-20(14-19)9-12-30-22)34-24(33-17)31-11-8-18-4-6-21(35-25(26,27)28)3-2-10-29-15-18/h2-3,5-7,9,12,14-15,17-18,30H,4,8,10-11,13,16H2,1H3,(H2,31,32,33,34). The number of aliphatic imine (C=N–C) groups is 3. The Kier molecular flexibility index (Phi) is 7.89. The molecule has 0 radical (unpaired) electrons. The van der Waals surface area contributed by atoms with Crippen LogP contribution in [0.3, 0.4) is 0 Å². The number of aromatic nitrogens is 1. The van der Waals surface area contributed by atoms with Gasteiger partial charge in [-0.3, -0.25) is 15.0 Å². The molecule has 3 N–H and O–H groups in total. The molecule has 4 rings (SSSR count). The van der Waals surface area contributed by atoms with Crippen LogP contribution in [0.1, 0.15) is 31.7 Å². The molecule has 0 amide bonds. The summed E-state index contributed by atoms with van der Waals surface area (Å²) in [6.07, 6.45) is 5.10. The fraction of sp³-hybridized carbons (Fsp3) is 0.400. The van der Waals surface area contributed by atoms with Crippen molar-refractivity contribution in [3.8, 4) is 0 Å². The lowest BCUT2D eigenvalue weighted by molar-refractivity contribution is -0.303. The molecule has 0 spiro atoms. The number of hydrogen-bond donors (Lipinski definition) is 3. The van der Waals surface area contributed by atoms with E-state index in [0.717, 1.165) is 28.7 Å². The molecule has 1 saturated heterocycles. The number of guanidine groups is 1. The Bertz CT molecular complexity index is 1160. The number of halogens is 3. The van der Waals surface area contributed by atoms with Gasteiger partial charge in [0.15, 0.2) is 5.96 Å². The van der Waals surface area contributed by atoms with Crippen LogP contribution in [0.5, 0.6) is 0 Å². The van der Waals surface area contributed by atoms with Gasteiger partial charge in [-0.05, 0) is 67.0 Å². The maximum Gasteiger partial charge on any atom is 0.573 e. The molecule has 0 aliphatic carbocycles. The van der Waals surface area contributed by atoms with E-state index in [1.807, 2.05) is 12.3 Å². The molecule has 2 atom stereocenters. The van der Waals surface area contributed by atoms with E-state index in [-0.39, 0.29) is 17.7 Å². The molecule has 1 aromatic carbocycles. The summed E-state index contributed by atoms with van der Waals surface area (Å²) in [5.41, 5.74) is 2.23. The van der Waals surface area contributed by atoms with Crippen molar-refractivity contribution in [1.82, 2.24) is 15.6 Å². The lowest BCUT2D eigenvalue weighted by atomic mass is 10.0. The Hall–Kier alpha value is -3.56. The Morgan fingerprint density at radius 3 is 2.94 bits per heavy atom. The van der Waals surface area contributed by atoms with Crippen LogP contribution < -0.4 is 10.6 Å². The topological polar surface area (TPSA) is 86.2 Å². The van der Waals surface area contributed by atoms with E-state index < -0.39 is 6.36 Å². The van der Waals surface area contributed by atoms with Crippen LogP contribution >= 0.6 is 0 Å². The molecule has 2 aliphatic rings. The predicted octanol–water partition coefficient (Wildman–Crippen LogP) is 4.85. The van der Waals surface area contributed by atoms with Crippen LogP contribution in [0.15, 0.2) is 69.4 Å². The van der Waals surface area contributed by atoms with Gasteiger partial charge >= 0.3 is 6.36 Å². The van der Waals surface area contributed by atoms with E-state index in [0.29, 0.717) is 38.4 Å². The Morgan fingerprint density at radius 2 is 2.09 bits per heavy atom. The van der Waals surface area contributed by atoms with Gasteiger partial charge < -0.3 is 20.4 Å². The maximum absolute atomic E-state index is 12.6. The average molecular weight is 487 g/mol. The summed E-state index contributed by atoms with van der Waals surface area (Å²) >= 11 is 0. The molecule has 2 unspecified atom stereocenters. The first kappa shape index (κ1) is 24.6. The van der Waals surface area contributed by atoms with E-state index in [1.54, 1.807) is 12.3 Å². The summed E-state index contributed by atoms with van der Waals surface area (Å²) in [6.45, 7) is 3.45. The number of amidine groups is 1. The maximum atomic E-state index is 12.6. The average Bonchev–Trinajstić information content (AvgIpc) is 3.29. The Morgan fingerprint density at radius 1 is 1.20 bits per heavy atom. The van der Waals surface area contributed by atoms with Crippen molar-refractivity contribution in [3.05, 3.63) is 60.0 Å². The van der Waals surface area contributed by atoms with Gasteiger partial charge in [0.25, 0.3) is 0 Å². The van der Waals surface area contributed by atoms with Gasteiger partial charge in [-0.2, -0.15) is 0 Å². The molecule has 10 heteroatoms. The zero-order valence-corrected chi connectivity index (χ0v) is 19.5. The first-order chi connectivity index (χ1) is 16.8. The van der Waals surface area contributed by atoms with Crippen molar-refractivity contribution < 1.29 is 17.9 Å². The number of alkyl halides is 3. The number of rotatable bonds is 6. The Balaban J connectivity index is 1.33. The molecule has 7 nitrogen and oxygen atoms in total. The number of nitrogens with one attached hydrogen (secondary N) is 3. The molecular formula is C25H29F3N6O. The summed E-state index contributed by atoms with van der Waals surface area (Å²) in [6, 6.07) is 8.48. The molecule has 0 saturated carbocycles. The summed E-state index contributed by atoms with van der Waals surface area (Å²) in [7, 11) is 0. The van der Waals surface area contributed by atoms with Gasteiger partial charge in [0.2, 0.25) is 0 Å². The quantitative estimate of drug-likeness (QED) is 0.546. The lowest BCUT2D eigenvalue weighted by Gasteiger charge is -2.26. The number of hydrogen-bond acceptors (Lipinski definition) is 4. The molecule has 1 aromatic heterocycles. The molecule has 186 valence electrons. The van der Waals surface area contributed by atoms with Crippen molar-refractivity contribution >= 4 is 28.9 Å². The zero-order valence-electron chi connectivity index (χ0n) is 19.5. The van der Waals surface area contributed by atoms with E-state index in [9.17, 15) is 13.2 Å². The largest absolute Gasteiger partial charge is 0.573 e. The monoisotopic (exact) mass is 486 g/mol. The number of allylic oxidation sites excluding steroid dienone is 2. The van der Waals surface area contributed by atoms with Crippen LogP contribution in [0, 0.1) is 5.92 Å². The Labute approximate surface area is 202 Å². The second-order valence-electron chi connectivity index (χ2n) is 8.62. The van der Waals surface area contributed by atoms with E-state index in [4.69, 9.17) is 4.99 Å². The molecule has 2 aliphatic heterocycles. The van der Waals surface area contributed by atoms with Gasteiger partial charge in [0, 0.05) is 36.9 Å². The summed E-state index contributed by atoms with van der Waals surface area (Å²) < 4.78 is 41.8. The van der Waals surface area contributed by atoms with Crippen molar-refractivity contribution in [2.24, 2.45) is 20.9 Å². The second-order valence-corrected chi connectivity index (χ2v) is 8.62. The molecule has 1 fully saturated rings. The molecule has 2 aromatic rings. The summed E-state index contributed by atoms with van der Waals surface area (Å²) in [4.78, 5) is 16.8. The minimum absolute atomic E-state index is 0.0383. The zero-order chi connectivity index (χ0) is 24.7. The minimum atomic E-state index is -4.71. The molecular weight excluding hydrogens is 457 g/mol. The number of benzene rings is 1. The highest BCUT2D eigenvalue weighted by molar-refractivity contribution is 6.02. The first-order valence-electron chi connectivity index (χ1n) is 11.6. The first-order valence-corrected chi connectivity index (χ1v) is 11.6. The van der Waals surface area contributed by atoms with Crippen LogP contribution in [0.4, 0.5) is 13.2 Å². The van der Waals surface area contributed by atoms with Gasteiger partial charge in [-0.25, -0.2) is 0 Å². The van der Waals surface area contributed by atoms with Gasteiger partial charge in [-0.1, -0.05) is 12.1 Å². The highest BCUT2D eigenvalue weighted by Gasteiger charge is 2.31. The molecule has 0 bridgehead atoms. The molecule has 35 heavy (non-hydrogen) atoms. The van der Waals surface area contributed by atoms with E-state index in [1.165, 1.54) is 12.2 Å². The molecule has 3 heterocycles. The fourth-order valence-electron chi connectivity index (χ4n) is 3.96. The normalized spacial score (nSPS) is 23.4. The number of nitrogens with zero attached hydrogens (tertiary/aromatic N) is 3. The van der Waals surface area contributed by atoms with Crippen molar-refractivity contribution in [3.63, 3.8) is 0 Å². The van der Waals surface area contributed by atoms with Crippen LogP contribution in [0.25, 0.3) is 10.9 Å². The highest BCUT2D eigenvalue weighted by Crippen LogP contribution is 2.23. The predicted molar refractivity (Wildman–Crippen MR) is 133 cm³/mol. The smallest absolute Gasteiger partial charge is 0.406 e. The third-order valence-corrected chi connectivity index (χ3v) is 5.65. The highest BCUT2D eigenvalue weighted by atomic mass is 19.4. The summed E-state index contributed by atoms with van der Waals surface area (Å²) in [5.74, 6) is 1.28. The minimum Gasteiger partial charge on any atom is -0.406 e.